The van der Waals surface area contributed by atoms with Gasteiger partial charge in [-0.1, -0.05) is 18.2 Å². The van der Waals surface area contributed by atoms with Crippen LogP contribution in [0.5, 0.6) is 11.5 Å². The quantitative estimate of drug-likeness (QED) is 0.932. The largest absolute Gasteiger partial charge is 0.496 e. The molecule has 0 saturated heterocycles. The fraction of sp³-hybridized carbons (Fsp3) is 0.333. The van der Waals surface area contributed by atoms with Crippen molar-refractivity contribution in [3.05, 3.63) is 58.1 Å². The number of ether oxygens (including phenoxy) is 2. The summed E-state index contributed by atoms with van der Waals surface area (Å²) in [5.74, 6) is 1.76. The fourth-order valence-corrected chi connectivity index (χ4v) is 2.58. The van der Waals surface area contributed by atoms with Gasteiger partial charge in [0.2, 0.25) is 0 Å². The number of nitrogens with two attached hydrogens (primary N) is 1. The number of aryl methyl sites for hydroxylation is 3. The first-order valence-corrected chi connectivity index (χ1v) is 7.03. The zero-order valence-corrected chi connectivity index (χ0v) is 13.4. The van der Waals surface area contributed by atoms with E-state index in [0.29, 0.717) is 0 Å². The van der Waals surface area contributed by atoms with E-state index >= 15 is 0 Å². The minimum absolute atomic E-state index is 0.177. The zero-order chi connectivity index (χ0) is 15.6. The minimum Gasteiger partial charge on any atom is -0.496 e. The van der Waals surface area contributed by atoms with Crippen LogP contribution in [0.1, 0.15) is 33.9 Å². The summed E-state index contributed by atoms with van der Waals surface area (Å²) in [6, 6.07) is 10.1. The van der Waals surface area contributed by atoms with Gasteiger partial charge < -0.3 is 15.2 Å². The van der Waals surface area contributed by atoms with Crippen LogP contribution in [0.15, 0.2) is 30.3 Å². The zero-order valence-electron chi connectivity index (χ0n) is 13.4. The van der Waals surface area contributed by atoms with Crippen LogP contribution in [0.2, 0.25) is 0 Å². The molecule has 0 heterocycles. The van der Waals surface area contributed by atoms with Crippen molar-refractivity contribution in [3.63, 3.8) is 0 Å². The monoisotopic (exact) mass is 285 g/mol. The molecule has 1 atom stereocenters. The topological polar surface area (TPSA) is 44.5 Å². The van der Waals surface area contributed by atoms with Crippen molar-refractivity contribution in [1.29, 1.82) is 0 Å². The smallest absolute Gasteiger partial charge is 0.122 e. The Bertz CT molecular complexity index is 650. The minimum atomic E-state index is -0.177. The van der Waals surface area contributed by atoms with Crippen molar-refractivity contribution >= 4 is 0 Å². The number of benzene rings is 2. The van der Waals surface area contributed by atoms with E-state index in [9.17, 15) is 0 Å². The Morgan fingerprint density at radius 2 is 1.43 bits per heavy atom. The highest BCUT2D eigenvalue weighted by molar-refractivity contribution is 5.47. The van der Waals surface area contributed by atoms with Crippen LogP contribution in [-0.4, -0.2) is 14.2 Å². The molecule has 1 unspecified atom stereocenters. The standard InChI is InChI=1S/C18H23NO2/c1-11-6-7-14(10-17(11)21-5)18(19)15-8-13(3)16(20-4)9-12(15)2/h6-10,18H,19H2,1-5H3. The van der Waals surface area contributed by atoms with Gasteiger partial charge in [0.05, 0.1) is 20.3 Å². The van der Waals surface area contributed by atoms with Gasteiger partial charge in [-0.25, -0.2) is 0 Å². The van der Waals surface area contributed by atoms with Gasteiger partial charge >= 0.3 is 0 Å². The van der Waals surface area contributed by atoms with Gasteiger partial charge in [-0.05, 0) is 60.7 Å². The maximum Gasteiger partial charge on any atom is 0.122 e. The van der Waals surface area contributed by atoms with Gasteiger partial charge in [0.1, 0.15) is 11.5 Å². The Labute approximate surface area is 126 Å². The molecule has 0 saturated carbocycles. The van der Waals surface area contributed by atoms with E-state index in [2.05, 4.69) is 19.1 Å². The van der Waals surface area contributed by atoms with E-state index in [1.807, 2.05) is 32.0 Å². The normalized spacial score (nSPS) is 12.1. The highest BCUT2D eigenvalue weighted by Crippen LogP contribution is 2.31. The molecule has 0 radical (unpaired) electrons. The van der Waals surface area contributed by atoms with Gasteiger partial charge in [-0.3, -0.25) is 0 Å². The van der Waals surface area contributed by atoms with E-state index in [1.54, 1.807) is 14.2 Å². The Morgan fingerprint density at radius 1 is 0.810 bits per heavy atom. The molecule has 0 bridgehead atoms. The maximum atomic E-state index is 6.45. The van der Waals surface area contributed by atoms with Crippen molar-refractivity contribution in [2.45, 2.75) is 26.8 Å². The predicted molar refractivity (Wildman–Crippen MR) is 86.2 cm³/mol. The SMILES string of the molecule is COc1cc(C(N)c2cc(C)c(OC)cc2C)ccc1C. The molecule has 2 rings (SSSR count). The number of rotatable bonds is 4. The summed E-state index contributed by atoms with van der Waals surface area (Å²) >= 11 is 0. The lowest BCUT2D eigenvalue weighted by Gasteiger charge is -2.19. The molecule has 2 N–H and O–H groups in total. The number of hydrogen-bond acceptors (Lipinski definition) is 3. The molecule has 0 aromatic heterocycles. The summed E-state index contributed by atoms with van der Waals surface area (Å²) in [5.41, 5.74) is 11.9. The fourth-order valence-electron chi connectivity index (χ4n) is 2.58. The first-order chi connectivity index (χ1) is 9.97. The van der Waals surface area contributed by atoms with Crippen LogP contribution in [0.25, 0.3) is 0 Å². The van der Waals surface area contributed by atoms with Crippen LogP contribution in [-0.2, 0) is 0 Å². The lowest BCUT2D eigenvalue weighted by atomic mass is 9.93. The molecule has 3 nitrogen and oxygen atoms in total. The number of hydrogen-bond donors (Lipinski definition) is 1. The molecule has 0 spiro atoms. The van der Waals surface area contributed by atoms with E-state index in [4.69, 9.17) is 15.2 Å². The molecule has 2 aromatic rings. The molecule has 0 aliphatic carbocycles. The van der Waals surface area contributed by atoms with Crippen LogP contribution >= 0.6 is 0 Å². The van der Waals surface area contributed by atoms with Crippen molar-refractivity contribution < 1.29 is 9.47 Å². The van der Waals surface area contributed by atoms with Gasteiger partial charge in [0, 0.05) is 0 Å². The van der Waals surface area contributed by atoms with Crippen molar-refractivity contribution in [3.8, 4) is 11.5 Å². The lowest BCUT2D eigenvalue weighted by molar-refractivity contribution is 0.410. The third-order valence-corrected chi connectivity index (χ3v) is 3.91. The predicted octanol–water partition coefficient (Wildman–Crippen LogP) is 3.68. The average Bonchev–Trinajstić information content (AvgIpc) is 2.49. The number of methoxy groups -OCH3 is 2. The second-order valence-corrected chi connectivity index (χ2v) is 5.39. The highest BCUT2D eigenvalue weighted by Gasteiger charge is 2.15. The Balaban J connectivity index is 2.44. The van der Waals surface area contributed by atoms with E-state index in [1.165, 1.54) is 0 Å². The highest BCUT2D eigenvalue weighted by atomic mass is 16.5. The second-order valence-electron chi connectivity index (χ2n) is 5.39. The first-order valence-electron chi connectivity index (χ1n) is 7.03. The summed E-state index contributed by atoms with van der Waals surface area (Å²) in [5, 5.41) is 0. The Kier molecular flexibility index (Phi) is 4.53. The molecular formula is C18H23NO2. The third kappa shape index (κ3) is 3.03. The molecular weight excluding hydrogens is 262 g/mol. The molecule has 0 aliphatic heterocycles. The summed E-state index contributed by atoms with van der Waals surface area (Å²) in [7, 11) is 3.37. The molecule has 21 heavy (non-hydrogen) atoms. The van der Waals surface area contributed by atoms with Crippen LogP contribution in [0.4, 0.5) is 0 Å². The Hall–Kier alpha value is -2.00. The van der Waals surface area contributed by atoms with Crippen LogP contribution < -0.4 is 15.2 Å². The summed E-state index contributed by atoms with van der Waals surface area (Å²) in [4.78, 5) is 0. The summed E-state index contributed by atoms with van der Waals surface area (Å²) < 4.78 is 10.7. The van der Waals surface area contributed by atoms with E-state index < -0.39 is 0 Å². The second kappa shape index (κ2) is 6.19. The van der Waals surface area contributed by atoms with Crippen LogP contribution in [0.3, 0.4) is 0 Å². The van der Waals surface area contributed by atoms with Gasteiger partial charge in [-0.2, -0.15) is 0 Å². The van der Waals surface area contributed by atoms with Gasteiger partial charge in [0.15, 0.2) is 0 Å². The maximum absolute atomic E-state index is 6.45. The van der Waals surface area contributed by atoms with Crippen molar-refractivity contribution in [2.24, 2.45) is 5.73 Å². The molecule has 0 aliphatic rings. The Morgan fingerprint density at radius 3 is 2.05 bits per heavy atom. The molecule has 2 aromatic carbocycles. The van der Waals surface area contributed by atoms with Crippen molar-refractivity contribution in [1.82, 2.24) is 0 Å². The molecule has 112 valence electrons. The third-order valence-electron chi connectivity index (χ3n) is 3.91. The molecule has 0 amide bonds. The molecule has 0 fully saturated rings. The van der Waals surface area contributed by atoms with Crippen molar-refractivity contribution in [2.75, 3.05) is 14.2 Å². The van der Waals surface area contributed by atoms with E-state index in [-0.39, 0.29) is 6.04 Å². The van der Waals surface area contributed by atoms with Gasteiger partial charge in [-0.15, -0.1) is 0 Å². The molecule has 3 heteroatoms. The van der Waals surface area contributed by atoms with Crippen LogP contribution in [0, 0.1) is 20.8 Å². The lowest BCUT2D eigenvalue weighted by Crippen LogP contribution is -2.14. The summed E-state index contributed by atoms with van der Waals surface area (Å²) in [6.45, 7) is 6.11. The van der Waals surface area contributed by atoms with E-state index in [0.717, 1.165) is 39.3 Å². The van der Waals surface area contributed by atoms with Gasteiger partial charge in [0.25, 0.3) is 0 Å². The first kappa shape index (κ1) is 15.4. The summed E-state index contributed by atoms with van der Waals surface area (Å²) in [6.07, 6.45) is 0. The average molecular weight is 285 g/mol.